The van der Waals surface area contributed by atoms with Crippen molar-refractivity contribution in [2.75, 3.05) is 13.2 Å². The highest BCUT2D eigenvalue weighted by atomic mass is 79.9. The predicted molar refractivity (Wildman–Crippen MR) is 65.5 cm³/mol. The minimum absolute atomic E-state index is 0.0129. The fourth-order valence-corrected chi connectivity index (χ4v) is 2.25. The van der Waals surface area contributed by atoms with E-state index in [1.807, 2.05) is 12.1 Å². The first-order chi connectivity index (χ1) is 8.11. The Balaban J connectivity index is 2.12. The van der Waals surface area contributed by atoms with Gasteiger partial charge in [0, 0.05) is 16.6 Å². The predicted octanol–water partition coefficient (Wildman–Crippen LogP) is 1.97. The molecule has 5 heteroatoms. The molecule has 0 radical (unpaired) electrons. The van der Waals surface area contributed by atoms with Crippen LogP contribution in [0.15, 0.2) is 22.7 Å². The van der Waals surface area contributed by atoms with Crippen molar-refractivity contribution in [1.82, 2.24) is 4.90 Å². The number of rotatable bonds is 3. The monoisotopic (exact) mass is 297 g/mol. The number of ether oxygens (including phenoxy) is 1. The number of fused-ring (bicyclic) bond motifs is 1. The molecule has 1 aliphatic rings. The van der Waals surface area contributed by atoms with Crippen molar-refractivity contribution in [3.63, 3.8) is 0 Å². The number of carbonyl (C=O) groups is 2. The van der Waals surface area contributed by atoms with E-state index in [0.29, 0.717) is 18.7 Å². The van der Waals surface area contributed by atoms with E-state index in [9.17, 15) is 9.59 Å². The maximum absolute atomic E-state index is 12.0. The molecule has 1 aromatic carbocycles. The van der Waals surface area contributed by atoms with Crippen molar-refractivity contribution in [2.24, 2.45) is 0 Å². The van der Waals surface area contributed by atoms with Gasteiger partial charge >= 0.3 is 5.97 Å². The van der Waals surface area contributed by atoms with Gasteiger partial charge in [-0.2, -0.15) is 0 Å². The molecular weight excluding hydrogens is 286 g/mol. The zero-order valence-corrected chi connectivity index (χ0v) is 11.0. The topological polar surface area (TPSA) is 46.6 Å². The van der Waals surface area contributed by atoms with Gasteiger partial charge in [0.25, 0.3) is 5.91 Å². The lowest BCUT2D eigenvalue weighted by atomic mass is 10.1. The molecule has 0 bridgehead atoms. The van der Waals surface area contributed by atoms with Crippen LogP contribution in [0.3, 0.4) is 0 Å². The Morgan fingerprint density at radius 2 is 2.29 bits per heavy atom. The summed E-state index contributed by atoms with van der Waals surface area (Å²) >= 11 is 3.36. The quantitative estimate of drug-likeness (QED) is 0.802. The van der Waals surface area contributed by atoms with Crippen LogP contribution >= 0.6 is 15.9 Å². The largest absolute Gasteiger partial charge is 0.465 e. The van der Waals surface area contributed by atoms with Crippen molar-refractivity contribution in [3.8, 4) is 0 Å². The third-order valence-electron chi connectivity index (χ3n) is 2.57. The van der Waals surface area contributed by atoms with Gasteiger partial charge in [-0.1, -0.05) is 15.9 Å². The number of hydrogen-bond acceptors (Lipinski definition) is 3. The Morgan fingerprint density at radius 3 is 3.00 bits per heavy atom. The molecule has 0 spiro atoms. The molecule has 0 aromatic heterocycles. The molecule has 1 aromatic rings. The SMILES string of the molecule is CCOC(=O)CN1Cc2cc(Br)ccc2C1=O. The maximum Gasteiger partial charge on any atom is 0.325 e. The first-order valence-corrected chi connectivity index (χ1v) is 6.14. The van der Waals surface area contributed by atoms with E-state index in [4.69, 9.17) is 4.74 Å². The summed E-state index contributed by atoms with van der Waals surface area (Å²) in [5.41, 5.74) is 1.60. The smallest absolute Gasteiger partial charge is 0.325 e. The van der Waals surface area contributed by atoms with Crippen LogP contribution in [0.1, 0.15) is 22.8 Å². The summed E-state index contributed by atoms with van der Waals surface area (Å²) in [5.74, 6) is -0.478. The van der Waals surface area contributed by atoms with Gasteiger partial charge in [-0.25, -0.2) is 0 Å². The fraction of sp³-hybridized carbons (Fsp3) is 0.333. The number of carbonyl (C=O) groups excluding carboxylic acids is 2. The molecule has 0 atom stereocenters. The average Bonchev–Trinajstić information content (AvgIpc) is 2.55. The third-order valence-corrected chi connectivity index (χ3v) is 3.06. The summed E-state index contributed by atoms with van der Waals surface area (Å²) in [6.45, 7) is 2.56. The molecule has 0 unspecified atom stereocenters. The zero-order valence-electron chi connectivity index (χ0n) is 9.40. The van der Waals surface area contributed by atoms with Gasteiger partial charge in [0.1, 0.15) is 6.54 Å². The van der Waals surface area contributed by atoms with Gasteiger partial charge in [0.15, 0.2) is 0 Å². The van der Waals surface area contributed by atoms with Crippen LogP contribution in [0.2, 0.25) is 0 Å². The van der Waals surface area contributed by atoms with Crippen molar-refractivity contribution >= 4 is 27.8 Å². The number of amides is 1. The average molecular weight is 298 g/mol. The number of benzene rings is 1. The minimum Gasteiger partial charge on any atom is -0.465 e. The van der Waals surface area contributed by atoms with Crippen molar-refractivity contribution in [1.29, 1.82) is 0 Å². The molecule has 1 heterocycles. The Bertz CT molecular complexity index is 473. The van der Waals surface area contributed by atoms with E-state index in [2.05, 4.69) is 15.9 Å². The first kappa shape index (κ1) is 12.1. The molecule has 2 rings (SSSR count). The van der Waals surface area contributed by atoms with Crippen LogP contribution < -0.4 is 0 Å². The van der Waals surface area contributed by atoms with Crippen LogP contribution in [0.4, 0.5) is 0 Å². The third kappa shape index (κ3) is 2.49. The van der Waals surface area contributed by atoms with Crippen molar-refractivity contribution < 1.29 is 14.3 Å². The lowest BCUT2D eigenvalue weighted by Crippen LogP contribution is -2.31. The summed E-state index contributed by atoms with van der Waals surface area (Å²) in [6.07, 6.45) is 0. The highest BCUT2D eigenvalue weighted by Crippen LogP contribution is 2.25. The molecular formula is C12H12BrNO3. The fourth-order valence-electron chi connectivity index (χ4n) is 1.84. The summed E-state index contributed by atoms with van der Waals surface area (Å²) in [6, 6.07) is 5.50. The van der Waals surface area contributed by atoms with Crippen molar-refractivity contribution in [3.05, 3.63) is 33.8 Å². The van der Waals surface area contributed by atoms with Crippen LogP contribution in [0.5, 0.6) is 0 Å². The second kappa shape index (κ2) is 4.87. The van der Waals surface area contributed by atoms with Crippen LogP contribution in [-0.2, 0) is 16.1 Å². The lowest BCUT2D eigenvalue weighted by molar-refractivity contribution is -0.143. The summed E-state index contributed by atoms with van der Waals surface area (Å²) in [4.78, 5) is 24.8. The highest BCUT2D eigenvalue weighted by Gasteiger charge is 2.28. The Labute approximate surface area is 108 Å². The number of halogens is 1. The zero-order chi connectivity index (χ0) is 12.4. The van der Waals surface area contributed by atoms with Crippen LogP contribution in [-0.4, -0.2) is 29.9 Å². The molecule has 4 nitrogen and oxygen atoms in total. The first-order valence-electron chi connectivity index (χ1n) is 5.35. The highest BCUT2D eigenvalue weighted by molar-refractivity contribution is 9.10. The Kier molecular flexibility index (Phi) is 3.47. The van der Waals surface area contributed by atoms with Gasteiger partial charge in [-0.15, -0.1) is 0 Å². The summed E-state index contributed by atoms with van der Waals surface area (Å²) in [5, 5.41) is 0. The van der Waals surface area contributed by atoms with E-state index in [1.165, 1.54) is 4.90 Å². The standard InChI is InChI=1S/C12H12BrNO3/c1-2-17-11(15)7-14-6-8-5-9(13)3-4-10(8)12(14)16/h3-5H,2,6-7H2,1H3. The second-order valence-electron chi connectivity index (χ2n) is 3.77. The van der Waals surface area contributed by atoms with E-state index in [0.717, 1.165) is 10.0 Å². The van der Waals surface area contributed by atoms with Crippen molar-refractivity contribution in [2.45, 2.75) is 13.5 Å². The summed E-state index contributed by atoms with van der Waals surface area (Å²) < 4.78 is 5.77. The van der Waals surface area contributed by atoms with Crippen LogP contribution in [0.25, 0.3) is 0 Å². The van der Waals surface area contributed by atoms with E-state index >= 15 is 0 Å². The molecule has 17 heavy (non-hydrogen) atoms. The molecule has 0 aliphatic carbocycles. The summed E-state index contributed by atoms with van der Waals surface area (Å²) in [7, 11) is 0. The second-order valence-corrected chi connectivity index (χ2v) is 4.68. The molecule has 1 aliphatic heterocycles. The Morgan fingerprint density at radius 1 is 1.53 bits per heavy atom. The van der Waals surface area contributed by atoms with Gasteiger partial charge < -0.3 is 9.64 Å². The van der Waals surface area contributed by atoms with E-state index < -0.39 is 0 Å². The molecule has 0 N–H and O–H groups in total. The molecule has 0 saturated heterocycles. The lowest BCUT2D eigenvalue weighted by Gasteiger charge is -2.13. The molecule has 0 saturated carbocycles. The van der Waals surface area contributed by atoms with E-state index in [-0.39, 0.29) is 18.4 Å². The number of hydrogen-bond donors (Lipinski definition) is 0. The normalized spacial score (nSPS) is 13.8. The van der Waals surface area contributed by atoms with Crippen LogP contribution in [0, 0.1) is 0 Å². The molecule has 0 fully saturated rings. The van der Waals surface area contributed by atoms with Gasteiger partial charge in [-0.3, -0.25) is 9.59 Å². The van der Waals surface area contributed by atoms with Gasteiger partial charge in [0.05, 0.1) is 6.61 Å². The number of esters is 1. The minimum atomic E-state index is -0.368. The molecule has 90 valence electrons. The molecule has 1 amide bonds. The van der Waals surface area contributed by atoms with E-state index in [1.54, 1.807) is 13.0 Å². The van der Waals surface area contributed by atoms with Gasteiger partial charge in [-0.05, 0) is 30.7 Å². The van der Waals surface area contributed by atoms with Gasteiger partial charge in [0.2, 0.25) is 0 Å². The Hall–Kier alpha value is -1.36. The number of nitrogens with zero attached hydrogens (tertiary/aromatic N) is 1. The maximum atomic E-state index is 12.0.